The molecule has 0 unspecified atom stereocenters. The number of ether oxygens (including phenoxy) is 1. The van der Waals surface area contributed by atoms with Gasteiger partial charge in [0.15, 0.2) is 0 Å². The van der Waals surface area contributed by atoms with Crippen molar-refractivity contribution in [2.24, 2.45) is 0 Å². The monoisotopic (exact) mass is 349 g/mol. The second-order valence-corrected chi connectivity index (χ2v) is 6.05. The predicted molar refractivity (Wildman–Crippen MR) is 88.2 cm³/mol. The maximum absolute atomic E-state index is 12.9. The normalized spacial score (nSPS) is 18.2. The highest BCUT2D eigenvalue weighted by Crippen LogP contribution is 2.32. The van der Waals surface area contributed by atoms with Crippen molar-refractivity contribution in [2.45, 2.75) is 19.2 Å². The van der Waals surface area contributed by atoms with Crippen molar-refractivity contribution >= 4 is 5.91 Å². The van der Waals surface area contributed by atoms with Crippen LogP contribution in [0.15, 0.2) is 48.5 Å². The molecule has 1 aliphatic rings. The minimum Gasteiger partial charge on any atom is -0.375 e. The lowest BCUT2D eigenvalue weighted by Crippen LogP contribution is -2.44. The first-order valence-electron chi connectivity index (χ1n) is 8.04. The first-order valence-corrected chi connectivity index (χ1v) is 8.04. The van der Waals surface area contributed by atoms with Gasteiger partial charge in [0, 0.05) is 18.7 Å². The molecule has 1 fully saturated rings. The molecule has 3 nitrogen and oxygen atoms in total. The van der Waals surface area contributed by atoms with E-state index < -0.39 is 11.7 Å². The van der Waals surface area contributed by atoms with Crippen LogP contribution >= 0.6 is 0 Å². The maximum Gasteiger partial charge on any atom is 0.416 e. The van der Waals surface area contributed by atoms with Gasteiger partial charge in [-0.25, -0.2) is 0 Å². The number of benzene rings is 2. The van der Waals surface area contributed by atoms with Gasteiger partial charge in [0.05, 0.1) is 18.3 Å². The largest absolute Gasteiger partial charge is 0.416 e. The number of alkyl halides is 3. The molecule has 2 aromatic carbocycles. The fourth-order valence-electron chi connectivity index (χ4n) is 2.93. The van der Waals surface area contributed by atoms with E-state index in [-0.39, 0.29) is 12.0 Å². The Labute approximate surface area is 144 Å². The third kappa shape index (κ3) is 3.85. The van der Waals surface area contributed by atoms with Gasteiger partial charge >= 0.3 is 6.18 Å². The number of nitrogens with zero attached hydrogens (tertiary/aromatic N) is 1. The Kier molecular flexibility index (Phi) is 4.81. The van der Waals surface area contributed by atoms with Crippen LogP contribution in [0.1, 0.15) is 22.8 Å². The van der Waals surface area contributed by atoms with Crippen molar-refractivity contribution in [2.75, 3.05) is 19.7 Å². The molecule has 3 rings (SSSR count). The molecule has 1 heterocycles. The number of rotatable bonds is 2. The Bertz CT molecular complexity index is 756. The highest BCUT2D eigenvalue weighted by atomic mass is 19.4. The van der Waals surface area contributed by atoms with Crippen molar-refractivity contribution in [3.8, 4) is 11.1 Å². The van der Waals surface area contributed by atoms with Crippen molar-refractivity contribution < 1.29 is 22.7 Å². The minimum absolute atomic E-state index is 0.0315. The molecule has 0 N–H and O–H groups in total. The van der Waals surface area contributed by atoms with E-state index in [1.807, 2.05) is 6.92 Å². The lowest BCUT2D eigenvalue weighted by molar-refractivity contribution is -0.137. The molecule has 0 saturated carbocycles. The molecule has 6 heteroatoms. The first kappa shape index (κ1) is 17.5. The molecule has 1 amide bonds. The average Bonchev–Trinajstić information content (AvgIpc) is 2.60. The van der Waals surface area contributed by atoms with E-state index in [2.05, 4.69) is 0 Å². The Morgan fingerprint density at radius 3 is 2.44 bits per heavy atom. The van der Waals surface area contributed by atoms with Gasteiger partial charge in [0.2, 0.25) is 0 Å². The van der Waals surface area contributed by atoms with Crippen LogP contribution in [0.4, 0.5) is 13.2 Å². The molecule has 0 radical (unpaired) electrons. The molecule has 1 aliphatic heterocycles. The summed E-state index contributed by atoms with van der Waals surface area (Å²) in [6.07, 6.45) is -4.41. The summed E-state index contributed by atoms with van der Waals surface area (Å²) in [5, 5.41) is 0. The molecule has 0 spiro atoms. The maximum atomic E-state index is 12.9. The minimum atomic E-state index is -4.38. The van der Waals surface area contributed by atoms with E-state index in [0.717, 1.165) is 12.1 Å². The van der Waals surface area contributed by atoms with Gasteiger partial charge in [0.25, 0.3) is 5.91 Å². The smallest absolute Gasteiger partial charge is 0.375 e. The fraction of sp³-hybridized carbons (Fsp3) is 0.316. The van der Waals surface area contributed by atoms with Crippen LogP contribution in [0, 0.1) is 0 Å². The zero-order valence-corrected chi connectivity index (χ0v) is 13.7. The van der Waals surface area contributed by atoms with Gasteiger partial charge in [-0.1, -0.05) is 30.3 Å². The summed E-state index contributed by atoms with van der Waals surface area (Å²) in [5.74, 6) is -0.134. The van der Waals surface area contributed by atoms with Gasteiger partial charge in [-0.15, -0.1) is 0 Å². The molecular formula is C19H18F3NO2. The topological polar surface area (TPSA) is 29.5 Å². The molecule has 132 valence electrons. The quantitative estimate of drug-likeness (QED) is 0.812. The zero-order chi connectivity index (χ0) is 18.0. The van der Waals surface area contributed by atoms with Gasteiger partial charge < -0.3 is 9.64 Å². The van der Waals surface area contributed by atoms with Crippen LogP contribution in [-0.4, -0.2) is 36.6 Å². The van der Waals surface area contributed by atoms with E-state index in [9.17, 15) is 18.0 Å². The van der Waals surface area contributed by atoms with E-state index >= 15 is 0 Å². The second-order valence-electron chi connectivity index (χ2n) is 6.05. The average molecular weight is 349 g/mol. The Morgan fingerprint density at radius 2 is 1.80 bits per heavy atom. The van der Waals surface area contributed by atoms with Crippen molar-refractivity contribution in [1.29, 1.82) is 0 Å². The molecule has 25 heavy (non-hydrogen) atoms. The van der Waals surface area contributed by atoms with E-state index in [1.54, 1.807) is 29.2 Å². The number of hydrogen-bond donors (Lipinski definition) is 0. The van der Waals surface area contributed by atoms with Crippen LogP contribution in [0.2, 0.25) is 0 Å². The number of carbonyl (C=O) groups excluding carboxylic acids is 1. The molecule has 1 saturated heterocycles. The summed E-state index contributed by atoms with van der Waals surface area (Å²) in [6, 6.07) is 11.8. The van der Waals surface area contributed by atoms with Crippen LogP contribution in [0.3, 0.4) is 0 Å². The summed E-state index contributed by atoms with van der Waals surface area (Å²) in [4.78, 5) is 14.6. The molecule has 0 aliphatic carbocycles. The van der Waals surface area contributed by atoms with Crippen LogP contribution < -0.4 is 0 Å². The van der Waals surface area contributed by atoms with Gasteiger partial charge in [0.1, 0.15) is 0 Å². The summed E-state index contributed by atoms with van der Waals surface area (Å²) in [6.45, 7) is 3.39. The van der Waals surface area contributed by atoms with Crippen LogP contribution in [0.5, 0.6) is 0 Å². The predicted octanol–water partition coefficient (Wildman–Crippen LogP) is 4.23. The van der Waals surface area contributed by atoms with Crippen LogP contribution in [0.25, 0.3) is 11.1 Å². The lowest BCUT2D eigenvalue weighted by atomic mass is 9.97. The summed E-state index contributed by atoms with van der Waals surface area (Å²) < 4.78 is 43.7. The number of carbonyl (C=O) groups is 1. The van der Waals surface area contributed by atoms with Crippen molar-refractivity contribution in [3.63, 3.8) is 0 Å². The van der Waals surface area contributed by atoms with Gasteiger partial charge in [-0.2, -0.15) is 13.2 Å². The Morgan fingerprint density at radius 1 is 1.12 bits per heavy atom. The molecule has 0 bridgehead atoms. The zero-order valence-electron chi connectivity index (χ0n) is 13.7. The highest BCUT2D eigenvalue weighted by Gasteiger charge is 2.30. The number of morpholine rings is 1. The first-order chi connectivity index (χ1) is 11.9. The number of amides is 1. The molecular weight excluding hydrogens is 331 g/mol. The molecule has 2 aromatic rings. The number of halogens is 3. The van der Waals surface area contributed by atoms with Gasteiger partial charge in [-0.05, 0) is 36.2 Å². The Hall–Kier alpha value is -2.34. The third-order valence-electron chi connectivity index (χ3n) is 4.21. The van der Waals surface area contributed by atoms with Gasteiger partial charge in [-0.3, -0.25) is 4.79 Å². The SMILES string of the molecule is C[C@@H]1CN(C(=O)c2ccccc2-c2ccc(C(F)(F)F)cc2)CCO1. The molecule has 0 aromatic heterocycles. The summed E-state index contributed by atoms with van der Waals surface area (Å²) >= 11 is 0. The van der Waals surface area contributed by atoms with E-state index in [1.165, 1.54) is 12.1 Å². The summed E-state index contributed by atoms with van der Waals surface area (Å²) in [7, 11) is 0. The third-order valence-corrected chi connectivity index (χ3v) is 4.21. The van der Waals surface area contributed by atoms with Crippen molar-refractivity contribution in [1.82, 2.24) is 4.90 Å². The number of hydrogen-bond acceptors (Lipinski definition) is 2. The standard InChI is InChI=1S/C19H18F3NO2/c1-13-12-23(10-11-25-13)18(24)17-5-3-2-4-16(17)14-6-8-15(9-7-14)19(20,21)22/h2-9,13H,10-12H2,1H3/t13-/m1/s1. The van der Waals surface area contributed by atoms with Crippen LogP contribution in [-0.2, 0) is 10.9 Å². The van der Waals surface area contributed by atoms with E-state index in [0.29, 0.717) is 36.4 Å². The summed E-state index contributed by atoms with van der Waals surface area (Å²) in [5.41, 5.74) is 0.983. The Balaban J connectivity index is 1.92. The lowest BCUT2D eigenvalue weighted by Gasteiger charge is -2.31. The van der Waals surface area contributed by atoms with E-state index in [4.69, 9.17) is 4.74 Å². The highest BCUT2D eigenvalue weighted by molar-refractivity contribution is 6.01. The second kappa shape index (κ2) is 6.88. The molecule has 1 atom stereocenters. The fourth-order valence-corrected chi connectivity index (χ4v) is 2.93. The van der Waals surface area contributed by atoms with Crippen molar-refractivity contribution in [3.05, 3.63) is 59.7 Å².